The largest absolute Gasteiger partial charge is 0.481 e. The molecule has 1 atom stereocenters. The van der Waals surface area contributed by atoms with E-state index in [0.717, 1.165) is 0 Å². The van der Waals surface area contributed by atoms with Gasteiger partial charge in [-0.15, -0.1) is 0 Å². The van der Waals surface area contributed by atoms with Crippen molar-refractivity contribution in [1.82, 2.24) is 5.32 Å². The van der Waals surface area contributed by atoms with E-state index in [2.05, 4.69) is 10.6 Å². The van der Waals surface area contributed by atoms with Gasteiger partial charge in [-0.1, -0.05) is 34.8 Å². The van der Waals surface area contributed by atoms with E-state index in [-0.39, 0.29) is 0 Å². The molecule has 2 aromatic rings. The van der Waals surface area contributed by atoms with Gasteiger partial charge in [-0.05, 0) is 49.4 Å². The van der Waals surface area contributed by atoms with Crippen molar-refractivity contribution in [3.63, 3.8) is 0 Å². The number of benzene rings is 2. The number of hydrogen-bond acceptors (Lipinski definition) is 3. The standard InChI is InChI=1S/C16H13Cl3N2O3/c1-9(24-12-5-2-10(17)3-6-12)15(22)21-16(23)20-11-4-7-13(18)14(19)8-11/h2-9H,1H3,(H2,20,21,22,23). The fourth-order valence-corrected chi connectivity index (χ4v) is 2.14. The number of imide groups is 1. The van der Waals surface area contributed by atoms with Gasteiger partial charge in [-0.25, -0.2) is 4.79 Å². The van der Waals surface area contributed by atoms with Crippen molar-refractivity contribution >= 4 is 52.4 Å². The van der Waals surface area contributed by atoms with Crippen LogP contribution in [-0.4, -0.2) is 18.0 Å². The number of anilines is 1. The normalized spacial score (nSPS) is 11.5. The summed E-state index contributed by atoms with van der Waals surface area (Å²) in [4.78, 5) is 23.8. The summed E-state index contributed by atoms with van der Waals surface area (Å²) in [6.07, 6.45) is -0.870. The molecule has 8 heteroatoms. The molecular formula is C16H13Cl3N2O3. The minimum absolute atomic E-state index is 0.292. The maximum absolute atomic E-state index is 12.0. The molecule has 1 unspecified atom stereocenters. The zero-order valence-corrected chi connectivity index (χ0v) is 14.7. The zero-order valence-electron chi connectivity index (χ0n) is 12.5. The van der Waals surface area contributed by atoms with E-state index in [1.165, 1.54) is 19.1 Å². The van der Waals surface area contributed by atoms with Crippen molar-refractivity contribution in [3.05, 3.63) is 57.5 Å². The molecule has 3 amide bonds. The smallest absolute Gasteiger partial charge is 0.325 e. The molecular weight excluding hydrogens is 375 g/mol. The summed E-state index contributed by atoms with van der Waals surface area (Å²) in [6.45, 7) is 1.52. The summed E-state index contributed by atoms with van der Waals surface area (Å²) in [5, 5.41) is 5.87. The molecule has 0 aliphatic rings. The molecule has 0 spiro atoms. The average molecular weight is 388 g/mol. The zero-order chi connectivity index (χ0) is 17.7. The van der Waals surface area contributed by atoms with E-state index in [0.29, 0.717) is 26.5 Å². The molecule has 5 nitrogen and oxygen atoms in total. The number of carbonyl (C=O) groups is 2. The van der Waals surface area contributed by atoms with Crippen molar-refractivity contribution < 1.29 is 14.3 Å². The Morgan fingerprint density at radius 1 is 1.00 bits per heavy atom. The predicted molar refractivity (Wildman–Crippen MR) is 95.2 cm³/mol. The van der Waals surface area contributed by atoms with Crippen LogP contribution >= 0.6 is 34.8 Å². The van der Waals surface area contributed by atoms with Crippen LogP contribution in [0.5, 0.6) is 5.75 Å². The summed E-state index contributed by atoms with van der Waals surface area (Å²) in [5.41, 5.74) is 0.404. The molecule has 0 saturated carbocycles. The average Bonchev–Trinajstić information content (AvgIpc) is 2.53. The quantitative estimate of drug-likeness (QED) is 0.794. The van der Waals surface area contributed by atoms with Crippen LogP contribution in [0.25, 0.3) is 0 Å². The number of ether oxygens (including phenoxy) is 1. The second kappa shape index (κ2) is 8.24. The molecule has 0 radical (unpaired) electrons. The molecule has 0 aromatic heterocycles. The third kappa shape index (κ3) is 5.30. The second-order valence-electron chi connectivity index (χ2n) is 4.79. The van der Waals surface area contributed by atoms with Crippen molar-refractivity contribution in [3.8, 4) is 5.75 Å². The summed E-state index contributed by atoms with van der Waals surface area (Å²) in [6, 6.07) is 10.4. The Morgan fingerprint density at radius 3 is 2.29 bits per heavy atom. The molecule has 126 valence electrons. The van der Waals surface area contributed by atoms with Crippen LogP contribution in [0.3, 0.4) is 0 Å². The third-order valence-corrected chi connectivity index (χ3v) is 3.90. The van der Waals surface area contributed by atoms with Gasteiger partial charge in [0.25, 0.3) is 5.91 Å². The first kappa shape index (κ1) is 18.4. The first-order valence-electron chi connectivity index (χ1n) is 6.84. The molecule has 24 heavy (non-hydrogen) atoms. The van der Waals surface area contributed by atoms with Gasteiger partial charge in [0.05, 0.1) is 10.0 Å². The molecule has 0 saturated heterocycles. The predicted octanol–water partition coefficient (Wildman–Crippen LogP) is 4.76. The minimum atomic E-state index is -0.870. The summed E-state index contributed by atoms with van der Waals surface area (Å²) >= 11 is 17.4. The molecule has 2 rings (SSSR count). The third-order valence-electron chi connectivity index (χ3n) is 2.91. The highest BCUT2D eigenvalue weighted by atomic mass is 35.5. The van der Waals surface area contributed by atoms with Crippen LogP contribution in [0.2, 0.25) is 15.1 Å². The lowest BCUT2D eigenvalue weighted by molar-refractivity contribution is -0.126. The Bertz CT molecular complexity index is 751. The maximum Gasteiger partial charge on any atom is 0.325 e. The number of hydrogen-bond donors (Lipinski definition) is 2. The number of carbonyl (C=O) groups excluding carboxylic acids is 2. The fourth-order valence-electron chi connectivity index (χ4n) is 1.72. The van der Waals surface area contributed by atoms with Gasteiger partial charge in [0.15, 0.2) is 6.10 Å². The van der Waals surface area contributed by atoms with Crippen molar-refractivity contribution in [2.45, 2.75) is 13.0 Å². The van der Waals surface area contributed by atoms with Crippen LogP contribution < -0.4 is 15.4 Å². The van der Waals surface area contributed by atoms with Crippen LogP contribution in [0, 0.1) is 0 Å². The van der Waals surface area contributed by atoms with E-state index < -0.39 is 18.0 Å². The first-order valence-corrected chi connectivity index (χ1v) is 7.97. The molecule has 0 fully saturated rings. The van der Waals surface area contributed by atoms with E-state index in [1.807, 2.05) is 0 Å². The van der Waals surface area contributed by atoms with Crippen LogP contribution in [-0.2, 0) is 4.79 Å². The molecule has 0 aliphatic carbocycles. The molecule has 2 aromatic carbocycles. The highest BCUT2D eigenvalue weighted by Gasteiger charge is 2.17. The van der Waals surface area contributed by atoms with Gasteiger partial charge in [0.2, 0.25) is 0 Å². The number of urea groups is 1. The van der Waals surface area contributed by atoms with Gasteiger partial charge in [-0.3, -0.25) is 10.1 Å². The Morgan fingerprint density at radius 2 is 1.67 bits per heavy atom. The Balaban J connectivity index is 1.89. The lowest BCUT2D eigenvalue weighted by atomic mass is 10.3. The molecule has 0 aliphatic heterocycles. The van der Waals surface area contributed by atoms with Gasteiger partial charge in [0, 0.05) is 10.7 Å². The van der Waals surface area contributed by atoms with Gasteiger partial charge in [0.1, 0.15) is 5.75 Å². The highest BCUT2D eigenvalue weighted by molar-refractivity contribution is 6.42. The topological polar surface area (TPSA) is 67.4 Å². The van der Waals surface area contributed by atoms with Crippen LogP contribution in [0.15, 0.2) is 42.5 Å². The lowest BCUT2D eigenvalue weighted by Crippen LogP contribution is -2.42. The lowest BCUT2D eigenvalue weighted by Gasteiger charge is -2.14. The van der Waals surface area contributed by atoms with Crippen molar-refractivity contribution in [2.24, 2.45) is 0 Å². The molecule has 0 bridgehead atoms. The Hall–Kier alpha value is -1.95. The minimum Gasteiger partial charge on any atom is -0.481 e. The van der Waals surface area contributed by atoms with E-state index in [9.17, 15) is 9.59 Å². The summed E-state index contributed by atoms with van der Waals surface area (Å²) in [5.74, 6) is -0.130. The highest BCUT2D eigenvalue weighted by Crippen LogP contribution is 2.24. The van der Waals surface area contributed by atoms with E-state index in [1.54, 1.807) is 30.3 Å². The van der Waals surface area contributed by atoms with E-state index in [4.69, 9.17) is 39.5 Å². The van der Waals surface area contributed by atoms with Crippen molar-refractivity contribution in [2.75, 3.05) is 5.32 Å². The number of amides is 3. The number of nitrogens with one attached hydrogen (secondary N) is 2. The molecule has 0 heterocycles. The maximum atomic E-state index is 12.0. The number of halogens is 3. The van der Waals surface area contributed by atoms with Gasteiger partial charge >= 0.3 is 6.03 Å². The van der Waals surface area contributed by atoms with E-state index >= 15 is 0 Å². The summed E-state index contributed by atoms with van der Waals surface area (Å²) in [7, 11) is 0. The first-order chi connectivity index (χ1) is 11.3. The van der Waals surface area contributed by atoms with Crippen molar-refractivity contribution in [1.29, 1.82) is 0 Å². The fraction of sp³-hybridized carbons (Fsp3) is 0.125. The van der Waals surface area contributed by atoms with Crippen LogP contribution in [0.1, 0.15) is 6.92 Å². The second-order valence-corrected chi connectivity index (χ2v) is 6.04. The monoisotopic (exact) mass is 386 g/mol. The number of rotatable bonds is 4. The van der Waals surface area contributed by atoms with Crippen LogP contribution in [0.4, 0.5) is 10.5 Å². The summed E-state index contributed by atoms with van der Waals surface area (Å²) < 4.78 is 5.43. The van der Waals surface area contributed by atoms with Gasteiger partial charge < -0.3 is 10.1 Å². The Labute approximate surface area is 153 Å². The SMILES string of the molecule is CC(Oc1ccc(Cl)cc1)C(=O)NC(=O)Nc1ccc(Cl)c(Cl)c1. The Kier molecular flexibility index (Phi) is 6.31. The molecule has 2 N–H and O–H groups in total. The van der Waals surface area contributed by atoms with Gasteiger partial charge in [-0.2, -0.15) is 0 Å².